The smallest absolute Gasteiger partial charge is 0.226 e. The summed E-state index contributed by atoms with van der Waals surface area (Å²) in [7, 11) is -3.54. The Balaban J connectivity index is 2.16. The van der Waals surface area contributed by atoms with Gasteiger partial charge in [-0.25, -0.2) is 17.5 Å². The lowest BCUT2D eigenvalue weighted by Crippen LogP contribution is -2.30. The minimum atomic E-state index is -3.54. The van der Waals surface area contributed by atoms with Crippen molar-refractivity contribution in [1.29, 1.82) is 0 Å². The van der Waals surface area contributed by atoms with Gasteiger partial charge in [-0.2, -0.15) is 0 Å². The molecule has 0 radical (unpaired) electrons. The van der Waals surface area contributed by atoms with E-state index >= 15 is 0 Å². The number of carbonyl (C=O) groups excluding carboxylic acids is 1. The van der Waals surface area contributed by atoms with Gasteiger partial charge in [0.15, 0.2) is 0 Å². The van der Waals surface area contributed by atoms with Gasteiger partial charge >= 0.3 is 0 Å². The van der Waals surface area contributed by atoms with Crippen LogP contribution in [0.5, 0.6) is 0 Å². The zero-order chi connectivity index (χ0) is 18.6. The second kappa shape index (κ2) is 7.76. The Labute approximate surface area is 147 Å². The van der Waals surface area contributed by atoms with Crippen LogP contribution in [-0.4, -0.2) is 20.6 Å². The molecule has 1 atom stereocenters. The Morgan fingerprint density at radius 2 is 1.72 bits per heavy atom. The fourth-order valence-electron chi connectivity index (χ4n) is 2.40. The van der Waals surface area contributed by atoms with Crippen LogP contribution in [0.15, 0.2) is 42.5 Å². The third-order valence-electron chi connectivity index (χ3n) is 3.81. The number of anilines is 1. The third-order valence-corrected chi connectivity index (χ3v) is 4.52. The minimum Gasteiger partial charge on any atom is -0.326 e. The van der Waals surface area contributed by atoms with Crippen LogP contribution in [0.1, 0.15) is 29.2 Å². The van der Waals surface area contributed by atoms with E-state index in [2.05, 4.69) is 10.0 Å². The number of hydrogen-bond donors (Lipinski definition) is 2. The molecule has 0 heterocycles. The van der Waals surface area contributed by atoms with Crippen LogP contribution >= 0.6 is 0 Å². The first-order chi connectivity index (χ1) is 11.6. The number of amides is 1. The monoisotopic (exact) mass is 364 g/mol. The van der Waals surface area contributed by atoms with E-state index in [4.69, 9.17) is 0 Å². The average Bonchev–Trinajstić information content (AvgIpc) is 2.49. The van der Waals surface area contributed by atoms with Gasteiger partial charge in [-0.3, -0.25) is 4.79 Å². The predicted molar refractivity (Wildman–Crippen MR) is 96.3 cm³/mol. The average molecular weight is 364 g/mol. The fourth-order valence-corrected chi connectivity index (χ4v) is 3.13. The van der Waals surface area contributed by atoms with Crippen molar-refractivity contribution in [3.63, 3.8) is 0 Å². The molecule has 2 aromatic rings. The summed E-state index contributed by atoms with van der Waals surface area (Å²) in [5.41, 5.74) is 3.32. The van der Waals surface area contributed by atoms with Crippen molar-refractivity contribution in [1.82, 2.24) is 4.72 Å². The largest absolute Gasteiger partial charge is 0.326 e. The second-order valence-electron chi connectivity index (χ2n) is 6.05. The van der Waals surface area contributed by atoms with Crippen LogP contribution in [0.25, 0.3) is 0 Å². The maximum absolute atomic E-state index is 13.1. The molecule has 2 aromatic carbocycles. The molecule has 0 spiro atoms. The van der Waals surface area contributed by atoms with Crippen LogP contribution in [-0.2, 0) is 14.8 Å². The molecular formula is C18H21FN2O3S. The first-order valence-corrected chi connectivity index (χ1v) is 9.63. The van der Waals surface area contributed by atoms with Crippen LogP contribution in [0.2, 0.25) is 0 Å². The number of rotatable bonds is 6. The molecule has 0 saturated heterocycles. The van der Waals surface area contributed by atoms with Gasteiger partial charge in [0.05, 0.1) is 12.3 Å². The molecule has 25 heavy (non-hydrogen) atoms. The highest BCUT2D eigenvalue weighted by molar-refractivity contribution is 7.88. The molecule has 1 unspecified atom stereocenters. The van der Waals surface area contributed by atoms with Crippen molar-refractivity contribution in [2.45, 2.75) is 26.3 Å². The molecule has 5 nitrogen and oxygen atoms in total. The van der Waals surface area contributed by atoms with Crippen LogP contribution in [0.3, 0.4) is 0 Å². The van der Waals surface area contributed by atoms with Crippen molar-refractivity contribution in [3.05, 3.63) is 65.0 Å². The Hall–Kier alpha value is -2.25. The number of sulfonamides is 1. The standard InChI is InChI=1S/C18H21FN2O3S/c1-12-4-9-16(10-13(12)2)20-18(22)11-17(21-25(3,23)24)14-5-7-15(19)8-6-14/h4-10,17,21H,11H2,1-3H3,(H,20,22). The highest BCUT2D eigenvalue weighted by Gasteiger charge is 2.20. The van der Waals surface area contributed by atoms with E-state index in [1.54, 1.807) is 6.07 Å². The molecular weight excluding hydrogens is 343 g/mol. The van der Waals surface area contributed by atoms with E-state index in [9.17, 15) is 17.6 Å². The van der Waals surface area contributed by atoms with Gasteiger partial charge in [-0.05, 0) is 54.8 Å². The molecule has 0 aromatic heterocycles. The first kappa shape index (κ1) is 19.1. The van der Waals surface area contributed by atoms with Crippen molar-refractivity contribution in [3.8, 4) is 0 Å². The Bertz CT molecular complexity index is 864. The van der Waals surface area contributed by atoms with Crippen molar-refractivity contribution in [2.24, 2.45) is 0 Å². The minimum absolute atomic E-state index is 0.106. The van der Waals surface area contributed by atoms with Gasteiger partial charge in [0.1, 0.15) is 5.82 Å². The number of aryl methyl sites for hydroxylation is 2. The van der Waals surface area contributed by atoms with Crippen molar-refractivity contribution < 1.29 is 17.6 Å². The molecule has 0 aliphatic carbocycles. The first-order valence-electron chi connectivity index (χ1n) is 7.74. The summed E-state index contributed by atoms with van der Waals surface area (Å²) in [5.74, 6) is -0.768. The van der Waals surface area contributed by atoms with E-state index in [-0.39, 0.29) is 12.3 Å². The van der Waals surface area contributed by atoms with Crippen molar-refractivity contribution >= 4 is 21.6 Å². The summed E-state index contributed by atoms with van der Waals surface area (Å²) >= 11 is 0. The summed E-state index contributed by atoms with van der Waals surface area (Å²) in [6.45, 7) is 3.92. The number of hydrogen-bond acceptors (Lipinski definition) is 3. The van der Waals surface area contributed by atoms with Gasteiger partial charge in [-0.1, -0.05) is 18.2 Å². The third kappa shape index (κ3) is 5.95. The second-order valence-corrected chi connectivity index (χ2v) is 7.83. The van der Waals surface area contributed by atoms with Gasteiger partial charge in [-0.15, -0.1) is 0 Å². The molecule has 1 amide bonds. The van der Waals surface area contributed by atoms with Crippen LogP contribution < -0.4 is 10.0 Å². The van der Waals surface area contributed by atoms with Gasteiger partial charge < -0.3 is 5.32 Å². The Morgan fingerprint density at radius 1 is 1.08 bits per heavy atom. The summed E-state index contributed by atoms with van der Waals surface area (Å²) in [4.78, 5) is 12.3. The summed E-state index contributed by atoms with van der Waals surface area (Å²) in [5, 5.41) is 2.76. The maximum Gasteiger partial charge on any atom is 0.226 e. The van der Waals surface area contributed by atoms with E-state index in [0.29, 0.717) is 11.3 Å². The predicted octanol–water partition coefficient (Wildman–Crippen LogP) is 3.06. The van der Waals surface area contributed by atoms with E-state index in [0.717, 1.165) is 17.4 Å². The lowest BCUT2D eigenvalue weighted by molar-refractivity contribution is -0.116. The molecule has 0 bridgehead atoms. The number of benzene rings is 2. The van der Waals surface area contributed by atoms with E-state index in [1.165, 1.54) is 24.3 Å². The number of carbonyl (C=O) groups is 1. The lowest BCUT2D eigenvalue weighted by Gasteiger charge is -2.18. The normalized spacial score (nSPS) is 12.6. The Kier molecular flexibility index (Phi) is 5.92. The quantitative estimate of drug-likeness (QED) is 0.827. The van der Waals surface area contributed by atoms with Gasteiger partial charge in [0.2, 0.25) is 15.9 Å². The topological polar surface area (TPSA) is 75.3 Å². The Morgan fingerprint density at radius 3 is 2.28 bits per heavy atom. The van der Waals surface area contributed by atoms with E-state index in [1.807, 2.05) is 26.0 Å². The number of halogens is 1. The molecule has 0 fully saturated rings. The van der Waals surface area contributed by atoms with Crippen LogP contribution in [0, 0.1) is 19.7 Å². The van der Waals surface area contributed by atoms with Gasteiger partial charge in [0.25, 0.3) is 0 Å². The van der Waals surface area contributed by atoms with Crippen molar-refractivity contribution in [2.75, 3.05) is 11.6 Å². The summed E-state index contributed by atoms with van der Waals surface area (Å²) in [6.07, 6.45) is 0.913. The molecule has 134 valence electrons. The van der Waals surface area contributed by atoms with Crippen LogP contribution in [0.4, 0.5) is 10.1 Å². The summed E-state index contributed by atoms with van der Waals surface area (Å²) in [6, 6.07) is 10.1. The molecule has 0 aliphatic rings. The van der Waals surface area contributed by atoms with Gasteiger partial charge in [0, 0.05) is 12.1 Å². The fraction of sp³-hybridized carbons (Fsp3) is 0.278. The van der Waals surface area contributed by atoms with E-state index < -0.39 is 21.9 Å². The lowest BCUT2D eigenvalue weighted by atomic mass is 10.0. The highest BCUT2D eigenvalue weighted by atomic mass is 32.2. The zero-order valence-electron chi connectivity index (χ0n) is 14.3. The SMILES string of the molecule is Cc1ccc(NC(=O)CC(NS(C)(=O)=O)c2ccc(F)cc2)cc1C. The highest BCUT2D eigenvalue weighted by Crippen LogP contribution is 2.20. The molecule has 0 aliphatic heterocycles. The molecule has 2 N–H and O–H groups in total. The number of nitrogens with one attached hydrogen (secondary N) is 2. The summed E-state index contributed by atoms with van der Waals surface area (Å²) < 4.78 is 38.7. The maximum atomic E-state index is 13.1. The zero-order valence-corrected chi connectivity index (χ0v) is 15.2. The molecule has 7 heteroatoms. The molecule has 2 rings (SSSR count). The molecule has 0 saturated carbocycles.